The standard InChI is InChI=1S/C23H26N2O2/c1-4-23(5-2,6-3)25-21(26)17-20(18-13-9-7-10-14-18)24-22(27)19-15-11-8-12-16-19/h1,7-16,20H,5-6,17H2,2-3H3,(H,24,27)(H,25,26). The lowest BCUT2D eigenvalue weighted by atomic mass is 9.93. The summed E-state index contributed by atoms with van der Waals surface area (Å²) in [6.45, 7) is 3.91. The highest BCUT2D eigenvalue weighted by Crippen LogP contribution is 2.20. The van der Waals surface area contributed by atoms with Crippen molar-refractivity contribution >= 4 is 11.8 Å². The fourth-order valence-corrected chi connectivity index (χ4v) is 2.94. The molecule has 0 bridgehead atoms. The maximum Gasteiger partial charge on any atom is 0.251 e. The van der Waals surface area contributed by atoms with E-state index in [0.717, 1.165) is 5.56 Å². The number of nitrogens with one attached hydrogen (secondary N) is 2. The first-order valence-corrected chi connectivity index (χ1v) is 9.23. The molecule has 0 radical (unpaired) electrons. The predicted octanol–water partition coefficient (Wildman–Crippen LogP) is 3.86. The van der Waals surface area contributed by atoms with Crippen molar-refractivity contribution in [3.63, 3.8) is 0 Å². The molecule has 2 rings (SSSR count). The smallest absolute Gasteiger partial charge is 0.251 e. The average molecular weight is 362 g/mol. The number of terminal acetylenes is 1. The lowest BCUT2D eigenvalue weighted by Gasteiger charge is -2.28. The van der Waals surface area contributed by atoms with Gasteiger partial charge in [0.1, 0.15) is 5.54 Å². The van der Waals surface area contributed by atoms with Crippen LogP contribution in [0.5, 0.6) is 0 Å². The van der Waals surface area contributed by atoms with Crippen LogP contribution in [0.2, 0.25) is 0 Å². The van der Waals surface area contributed by atoms with Gasteiger partial charge in [-0.3, -0.25) is 9.59 Å². The molecule has 0 saturated heterocycles. The zero-order valence-corrected chi connectivity index (χ0v) is 15.9. The molecule has 1 atom stereocenters. The van der Waals surface area contributed by atoms with Crippen molar-refractivity contribution in [3.05, 3.63) is 71.8 Å². The molecule has 2 amide bonds. The van der Waals surface area contributed by atoms with Gasteiger partial charge in [-0.2, -0.15) is 0 Å². The Hall–Kier alpha value is -3.06. The van der Waals surface area contributed by atoms with Crippen LogP contribution in [-0.2, 0) is 4.79 Å². The first kappa shape index (κ1) is 20.3. The van der Waals surface area contributed by atoms with E-state index in [4.69, 9.17) is 6.42 Å². The Morgan fingerprint density at radius 1 is 1.00 bits per heavy atom. The average Bonchev–Trinajstić information content (AvgIpc) is 2.73. The second kappa shape index (κ2) is 9.59. The van der Waals surface area contributed by atoms with Crippen LogP contribution in [0, 0.1) is 12.3 Å². The summed E-state index contributed by atoms with van der Waals surface area (Å²) < 4.78 is 0. The number of carbonyl (C=O) groups excluding carboxylic acids is 2. The van der Waals surface area contributed by atoms with Gasteiger partial charge in [0.05, 0.1) is 12.5 Å². The van der Waals surface area contributed by atoms with Gasteiger partial charge in [-0.15, -0.1) is 6.42 Å². The second-order valence-corrected chi connectivity index (χ2v) is 6.49. The molecule has 2 aromatic carbocycles. The van der Waals surface area contributed by atoms with E-state index in [0.29, 0.717) is 18.4 Å². The molecule has 0 aliphatic heterocycles. The molecule has 4 nitrogen and oxygen atoms in total. The van der Waals surface area contributed by atoms with E-state index in [2.05, 4.69) is 16.6 Å². The number of hydrogen-bond donors (Lipinski definition) is 2. The molecule has 0 aliphatic carbocycles. The maximum absolute atomic E-state index is 12.7. The van der Waals surface area contributed by atoms with Gasteiger partial charge in [0.2, 0.25) is 5.91 Å². The molecule has 0 spiro atoms. The molecule has 4 heteroatoms. The van der Waals surface area contributed by atoms with E-state index < -0.39 is 11.6 Å². The Bertz CT molecular complexity index is 790. The zero-order chi connectivity index (χ0) is 19.7. The molecule has 0 saturated carbocycles. The Morgan fingerprint density at radius 2 is 1.56 bits per heavy atom. The summed E-state index contributed by atoms with van der Waals surface area (Å²) in [5.41, 5.74) is 0.775. The minimum atomic E-state index is -0.651. The summed E-state index contributed by atoms with van der Waals surface area (Å²) in [5, 5.41) is 5.94. The van der Waals surface area contributed by atoms with E-state index in [-0.39, 0.29) is 18.2 Å². The number of amides is 2. The van der Waals surface area contributed by atoms with E-state index in [1.165, 1.54) is 0 Å². The third-order valence-corrected chi connectivity index (χ3v) is 4.79. The summed E-state index contributed by atoms with van der Waals surface area (Å²) in [5.74, 6) is 2.31. The first-order valence-electron chi connectivity index (χ1n) is 9.23. The summed E-state index contributed by atoms with van der Waals surface area (Å²) in [6.07, 6.45) is 7.06. The van der Waals surface area contributed by atoms with E-state index in [9.17, 15) is 9.59 Å². The molecule has 140 valence electrons. The van der Waals surface area contributed by atoms with Crippen LogP contribution in [-0.4, -0.2) is 17.4 Å². The highest BCUT2D eigenvalue weighted by molar-refractivity contribution is 5.94. The fraction of sp³-hybridized carbons (Fsp3) is 0.304. The van der Waals surface area contributed by atoms with Crippen LogP contribution in [0.1, 0.15) is 55.1 Å². The fourth-order valence-electron chi connectivity index (χ4n) is 2.94. The van der Waals surface area contributed by atoms with Gasteiger partial charge in [-0.1, -0.05) is 68.3 Å². The van der Waals surface area contributed by atoms with Crippen molar-refractivity contribution in [2.24, 2.45) is 0 Å². The summed E-state index contributed by atoms with van der Waals surface area (Å²) in [4.78, 5) is 25.3. The molecule has 0 aliphatic rings. The minimum absolute atomic E-state index is 0.117. The molecule has 0 fully saturated rings. The van der Waals surface area contributed by atoms with Gasteiger partial charge in [0.15, 0.2) is 0 Å². The Morgan fingerprint density at radius 3 is 2.07 bits per heavy atom. The molecular formula is C23H26N2O2. The zero-order valence-electron chi connectivity index (χ0n) is 15.9. The van der Waals surface area contributed by atoms with E-state index in [1.807, 2.05) is 62.4 Å². The van der Waals surface area contributed by atoms with Crippen LogP contribution in [0.4, 0.5) is 0 Å². The molecule has 0 heterocycles. The Labute approximate surface area is 161 Å². The highest BCUT2D eigenvalue weighted by Gasteiger charge is 2.27. The number of hydrogen-bond acceptors (Lipinski definition) is 2. The third kappa shape index (κ3) is 5.46. The Kier molecular flexibility index (Phi) is 7.19. The summed E-state index contributed by atoms with van der Waals surface area (Å²) in [6, 6.07) is 18.0. The van der Waals surface area contributed by atoms with Gasteiger partial charge in [0.25, 0.3) is 5.91 Å². The van der Waals surface area contributed by atoms with Crippen LogP contribution < -0.4 is 10.6 Å². The quantitative estimate of drug-likeness (QED) is 0.701. The number of carbonyl (C=O) groups is 2. The van der Waals surface area contributed by atoms with Gasteiger partial charge < -0.3 is 10.6 Å². The largest absolute Gasteiger partial charge is 0.345 e. The normalized spacial score (nSPS) is 11.9. The SMILES string of the molecule is C#CC(CC)(CC)NC(=O)CC(NC(=O)c1ccccc1)c1ccccc1. The topological polar surface area (TPSA) is 58.2 Å². The van der Waals surface area contributed by atoms with Crippen LogP contribution >= 0.6 is 0 Å². The molecule has 2 aromatic rings. The lowest BCUT2D eigenvalue weighted by Crippen LogP contribution is -2.47. The van der Waals surface area contributed by atoms with Crippen molar-refractivity contribution in [2.45, 2.75) is 44.7 Å². The third-order valence-electron chi connectivity index (χ3n) is 4.79. The molecule has 0 aromatic heterocycles. The van der Waals surface area contributed by atoms with Crippen molar-refractivity contribution in [1.82, 2.24) is 10.6 Å². The maximum atomic E-state index is 12.7. The lowest BCUT2D eigenvalue weighted by molar-refractivity contribution is -0.123. The van der Waals surface area contributed by atoms with Crippen LogP contribution in [0.25, 0.3) is 0 Å². The first-order chi connectivity index (χ1) is 13.0. The summed E-state index contributed by atoms with van der Waals surface area (Å²) >= 11 is 0. The minimum Gasteiger partial charge on any atom is -0.345 e. The predicted molar refractivity (Wildman–Crippen MR) is 108 cm³/mol. The molecule has 27 heavy (non-hydrogen) atoms. The van der Waals surface area contributed by atoms with Crippen LogP contribution in [0.3, 0.4) is 0 Å². The van der Waals surface area contributed by atoms with Crippen molar-refractivity contribution in [3.8, 4) is 12.3 Å². The highest BCUT2D eigenvalue weighted by atomic mass is 16.2. The van der Waals surface area contributed by atoms with E-state index >= 15 is 0 Å². The molecule has 1 unspecified atom stereocenters. The number of rotatable bonds is 8. The van der Waals surface area contributed by atoms with Gasteiger partial charge in [-0.25, -0.2) is 0 Å². The van der Waals surface area contributed by atoms with Crippen LogP contribution in [0.15, 0.2) is 60.7 Å². The van der Waals surface area contributed by atoms with Gasteiger partial charge in [0, 0.05) is 5.56 Å². The van der Waals surface area contributed by atoms with Gasteiger partial charge >= 0.3 is 0 Å². The van der Waals surface area contributed by atoms with Crippen molar-refractivity contribution < 1.29 is 9.59 Å². The van der Waals surface area contributed by atoms with Gasteiger partial charge in [-0.05, 0) is 30.5 Å². The molecule has 2 N–H and O–H groups in total. The second-order valence-electron chi connectivity index (χ2n) is 6.49. The van der Waals surface area contributed by atoms with Crippen molar-refractivity contribution in [2.75, 3.05) is 0 Å². The summed E-state index contributed by atoms with van der Waals surface area (Å²) in [7, 11) is 0. The van der Waals surface area contributed by atoms with E-state index in [1.54, 1.807) is 12.1 Å². The van der Waals surface area contributed by atoms with Crippen molar-refractivity contribution in [1.29, 1.82) is 0 Å². The Balaban J connectivity index is 2.17. The molecular weight excluding hydrogens is 336 g/mol. The number of benzene rings is 2. The monoisotopic (exact) mass is 362 g/mol.